The fourth-order valence-electron chi connectivity index (χ4n) is 4.54. The van der Waals surface area contributed by atoms with Crippen molar-refractivity contribution in [1.82, 2.24) is 9.47 Å². The standard InChI is InChI=1S/C27H37ClN3O9P/c1-7-37-26(35)31-20-11-10-18(28)14-19(20)22(29-21(32)16-41(36,38-8-2)39-9-3)23(31)24(33)17-12-13-30(15-17)25(34)40-27(4,5)6/h10-11,14,17H,7-9,12-13,15-16H2,1-6H3,(H,29,32). The number of amides is 2. The fourth-order valence-corrected chi connectivity index (χ4v) is 6.18. The highest BCUT2D eigenvalue weighted by atomic mass is 35.5. The Hall–Kier alpha value is -2.92. The average molecular weight is 614 g/mol. The number of carbonyl (C=O) groups is 4. The molecule has 12 nitrogen and oxygen atoms in total. The first-order chi connectivity index (χ1) is 19.2. The first-order valence-corrected chi connectivity index (χ1v) is 15.5. The molecule has 2 heterocycles. The minimum Gasteiger partial charge on any atom is -0.449 e. The number of halogens is 1. The smallest absolute Gasteiger partial charge is 0.419 e. The summed E-state index contributed by atoms with van der Waals surface area (Å²) in [5.41, 5.74) is -0.589. The van der Waals surface area contributed by atoms with Gasteiger partial charge in [-0.15, -0.1) is 0 Å². The fraction of sp³-hybridized carbons (Fsp3) is 0.556. The molecule has 1 aliphatic rings. The van der Waals surface area contributed by atoms with Crippen molar-refractivity contribution in [3.8, 4) is 0 Å². The molecule has 0 aliphatic carbocycles. The summed E-state index contributed by atoms with van der Waals surface area (Å²) in [4.78, 5) is 54.5. The summed E-state index contributed by atoms with van der Waals surface area (Å²) in [5, 5.41) is 3.24. The number of ether oxygens (including phenoxy) is 2. The summed E-state index contributed by atoms with van der Waals surface area (Å²) >= 11 is 6.27. The first kappa shape index (κ1) is 32.6. The molecule has 41 heavy (non-hydrogen) atoms. The van der Waals surface area contributed by atoms with Crippen LogP contribution >= 0.6 is 19.2 Å². The average Bonchev–Trinajstić information content (AvgIpc) is 3.47. The van der Waals surface area contributed by atoms with Crippen molar-refractivity contribution in [2.75, 3.05) is 44.4 Å². The molecular weight excluding hydrogens is 577 g/mol. The molecule has 226 valence electrons. The SMILES string of the molecule is CCOC(=O)n1c(C(=O)C2CCN(C(=O)OC(C)(C)C)C2)c(NC(=O)CP(=O)(OCC)OCC)c2cc(Cl)ccc21. The lowest BCUT2D eigenvalue weighted by atomic mass is 9.99. The van der Waals surface area contributed by atoms with Crippen molar-refractivity contribution in [2.24, 2.45) is 5.92 Å². The number of nitrogens with zero attached hydrogens (tertiary/aromatic N) is 2. The number of carbonyl (C=O) groups excluding carboxylic acids is 4. The van der Waals surface area contributed by atoms with E-state index < -0.39 is 49.2 Å². The maximum absolute atomic E-state index is 14.1. The van der Waals surface area contributed by atoms with Gasteiger partial charge in [0, 0.05) is 29.4 Å². The van der Waals surface area contributed by atoms with Gasteiger partial charge in [0.15, 0.2) is 5.78 Å². The van der Waals surface area contributed by atoms with Crippen LogP contribution in [0.1, 0.15) is 58.5 Å². The third-order valence-electron chi connectivity index (χ3n) is 6.08. The number of rotatable bonds is 10. The van der Waals surface area contributed by atoms with Crippen molar-refractivity contribution in [3.05, 3.63) is 28.9 Å². The van der Waals surface area contributed by atoms with E-state index in [9.17, 15) is 23.7 Å². The van der Waals surface area contributed by atoms with Crippen LogP contribution in [0.15, 0.2) is 18.2 Å². The minimum atomic E-state index is -3.78. The highest BCUT2D eigenvalue weighted by molar-refractivity contribution is 7.54. The van der Waals surface area contributed by atoms with Crippen molar-refractivity contribution < 1.29 is 42.3 Å². The van der Waals surface area contributed by atoms with Crippen LogP contribution in [0.2, 0.25) is 5.02 Å². The van der Waals surface area contributed by atoms with Crippen LogP contribution in [-0.4, -0.2) is 78.0 Å². The lowest BCUT2D eigenvalue weighted by molar-refractivity contribution is -0.114. The number of hydrogen-bond donors (Lipinski definition) is 1. The van der Waals surface area contributed by atoms with Crippen molar-refractivity contribution in [2.45, 2.75) is 53.6 Å². The maximum atomic E-state index is 14.1. The van der Waals surface area contributed by atoms with Gasteiger partial charge in [-0.25, -0.2) is 14.2 Å². The van der Waals surface area contributed by atoms with Crippen LogP contribution in [0.4, 0.5) is 15.3 Å². The molecule has 0 spiro atoms. The lowest BCUT2D eigenvalue weighted by Crippen LogP contribution is -2.36. The molecule has 2 aromatic rings. The van der Waals surface area contributed by atoms with E-state index in [1.807, 2.05) is 0 Å². The highest BCUT2D eigenvalue weighted by Crippen LogP contribution is 2.48. The van der Waals surface area contributed by atoms with E-state index in [-0.39, 0.29) is 49.8 Å². The molecule has 1 unspecified atom stereocenters. The third-order valence-corrected chi connectivity index (χ3v) is 8.29. The summed E-state index contributed by atoms with van der Waals surface area (Å²) < 4.78 is 35.3. The molecular formula is C27H37ClN3O9P. The Labute approximate surface area is 244 Å². The van der Waals surface area contributed by atoms with E-state index >= 15 is 0 Å². The molecule has 1 aromatic carbocycles. The van der Waals surface area contributed by atoms with Gasteiger partial charge >= 0.3 is 19.8 Å². The number of anilines is 1. The summed E-state index contributed by atoms with van der Waals surface area (Å²) in [5.74, 6) is -1.96. The summed E-state index contributed by atoms with van der Waals surface area (Å²) in [7, 11) is -3.78. The number of hydrogen-bond acceptors (Lipinski definition) is 9. The monoisotopic (exact) mass is 613 g/mol. The molecule has 1 aliphatic heterocycles. The van der Waals surface area contributed by atoms with Crippen LogP contribution in [0.3, 0.4) is 0 Å². The van der Waals surface area contributed by atoms with Crippen LogP contribution < -0.4 is 5.32 Å². The van der Waals surface area contributed by atoms with E-state index in [1.54, 1.807) is 41.5 Å². The molecule has 3 rings (SSSR count). The predicted molar refractivity (Wildman–Crippen MR) is 154 cm³/mol. The largest absolute Gasteiger partial charge is 0.449 e. The van der Waals surface area contributed by atoms with E-state index in [1.165, 1.54) is 23.1 Å². The zero-order chi connectivity index (χ0) is 30.5. The van der Waals surface area contributed by atoms with Crippen LogP contribution in [-0.2, 0) is 27.9 Å². The second-order valence-electron chi connectivity index (χ2n) is 10.3. The Bertz CT molecular complexity index is 1360. The summed E-state index contributed by atoms with van der Waals surface area (Å²) in [6.07, 6.45) is -1.70. The number of ketones is 1. The molecule has 1 fully saturated rings. The number of Topliss-reactive ketones (excluding diaryl/α,β-unsaturated/α-hetero) is 1. The van der Waals surface area contributed by atoms with Crippen molar-refractivity contribution >= 4 is 59.7 Å². The number of nitrogens with one attached hydrogen (secondary N) is 1. The Morgan fingerprint density at radius 3 is 2.29 bits per heavy atom. The topological polar surface area (TPSA) is 142 Å². The van der Waals surface area contributed by atoms with E-state index in [0.717, 1.165) is 4.57 Å². The molecule has 1 N–H and O–H groups in total. The molecule has 14 heteroatoms. The van der Waals surface area contributed by atoms with E-state index in [0.29, 0.717) is 16.8 Å². The Balaban J connectivity index is 2.08. The molecule has 0 saturated carbocycles. The van der Waals surface area contributed by atoms with Gasteiger partial charge in [-0.05, 0) is 66.2 Å². The number of likely N-dealkylation sites (tertiary alicyclic amines) is 1. The second-order valence-corrected chi connectivity index (χ2v) is 12.8. The van der Waals surface area contributed by atoms with Gasteiger partial charge < -0.3 is 28.7 Å². The van der Waals surface area contributed by atoms with Gasteiger partial charge in [-0.2, -0.15) is 0 Å². The minimum absolute atomic E-state index is 0.000757. The third kappa shape index (κ3) is 7.88. The second kappa shape index (κ2) is 13.4. The molecule has 2 amide bonds. The molecule has 1 aromatic heterocycles. The van der Waals surface area contributed by atoms with E-state index in [4.69, 9.17) is 30.1 Å². The normalized spacial score (nSPS) is 15.7. The van der Waals surface area contributed by atoms with Gasteiger partial charge in [-0.1, -0.05) is 11.6 Å². The van der Waals surface area contributed by atoms with Crippen LogP contribution in [0, 0.1) is 5.92 Å². The Morgan fingerprint density at radius 2 is 1.71 bits per heavy atom. The Morgan fingerprint density at radius 1 is 1.05 bits per heavy atom. The molecule has 1 atom stereocenters. The van der Waals surface area contributed by atoms with Gasteiger partial charge in [0.1, 0.15) is 17.5 Å². The van der Waals surface area contributed by atoms with Crippen LogP contribution in [0.25, 0.3) is 10.9 Å². The zero-order valence-corrected chi connectivity index (χ0v) is 25.8. The van der Waals surface area contributed by atoms with Crippen LogP contribution in [0.5, 0.6) is 0 Å². The van der Waals surface area contributed by atoms with Gasteiger partial charge in [0.25, 0.3) is 0 Å². The van der Waals surface area contributed by atoms with Crippen molar-refractivity contribution in [3.63, 3.8) is 0 Å². The predicted octanol–water partition coefficient (Wildman–Crippen LogP) is 5.94. The van der Waals surface area contributed by atoms with E-state index in [2.05, 4.69) is 5.32 Å². The molecule has 0 bridgehead atoms. The van der Waals surface area contributed by atoms with Gasteiger partial charge in [0.05, 0.1) is 31.0 Å². The van der Waals surface area contributed by atoms with Crippen molar-refractivity contribution in [1.29, 1.82) is 0 Å². The Kier molecular flexibility index (Phi) is 10.6. The van der Waals surface area contributed by atoms with Gasteiger partial charge in [-0.3, -0.25) is 14.2 Å². The maximum Gasteiger partial charge on any atom is 0.419 e. The van der Waals surface area contributed by atoms with Gasteiger partial charge in [0.2, 0.25) is 5.91 Å². The number of benzene rings is 1. The lowest BCUT2D eigenvalue weighted by Gasteiger charge is -2.24. The number of fused-ring (bicyclic) bond motifs is 1. The molecule has 1 saturated heterocycles. The molecule has 0 radical (unpaired) electrons. The zero-order valence-electron chi connectivity index (χ0n) is 24.2. The highest BCUT2D eigenvalue weighted by Gasteiger charge is 2.39. The number of aromatic nitrogens is 1. The first-order valence-electron chi connectivity index (χ1n) is 13.4. The summed E-state index contributed by atoms with van der Waals surface area (Å²) in [6.45, 7) is 10.6. The quantitative estimate of drug-likeness (QED) is 0.254. The summed E-state index contributed by atoms with van der Waals surface area (Å²) in [6, 6.07) is 4.58.